The molecule has 6 amide bonds. The van der Waals surface area contributed by atoms with Gasteiger partial charge in [0, 0.05) is 47.9 Å². The van der Waals surface area contributed by atoms with Crippen LogP contribution in [0.5, 0.6) is 17.2 Å². The largest absolute Gasteiger partial charge is 0.493 e. The Morgan fingerprint density at radius 3 is 2.14 bits per heavy atom. The van der Waals surface area contributed by atoms with Crippen molar-refractivity contribution >= 4 is 58.0 Å². The Bertz CT molecular complexity index is 2770. The van der Waals surface area contributed by atoms with Crippen LogP contribution in [0.2, 0.25) is 5.02 Å². The number of carbonyl (C=O) groups is 6. The number of fused-ring (bicyclic) bond motifs is 2. The molecule has 18 nitrogen and oxygen atoms in total. The summed E-state index contributed by atoms with van der Waals surface area (Å²) in [6.45, 7) is 4.00. The minimum Gasteiger partial charge on any atom is -0.493 e. The van der Waals surface area contributed by atoms with Crippen molar-refractivity contribution in [1.29, 1.82) is 0 Å². The van der Waals surface area contributed by atoms with Crippen molar-refractivity contribution in [2.75, 3.05) is 66.5 Å². The maximum atomic E-state index is 13.5. The predicted octanol–water partition coefficient (Wildman–Crippen LogP) is 4.55. The van der Waals surface area contributed by atoms with Gasteiger partial charge in [0.25, 0.3) is 17.7 Å². The summed E-state index contributed by atoms with van der Waals surface area (Å²) in [6, 6.07) is 17.5. The molecule has 3 heterocycles. The maximum Gasteiger partial charge on any atom is 0.266 e. The molecule has 5 aromatic rings. The van der Waals surface area contributed by atoms with E-state index in [1.54, 1.807) is 55.5 Å². The maximum absolute atomic E-state index is 13.5. The third kappa shape index (κ3) is 10.5. The molecular weight excluding hydrogens is 880 g/mol. The van der Waals surface area contributed by atoms with E-state index in [1.807, 2.05) is 0 Å². The van der Waals surface area contributed by atoms with Crippen LogP contribution < -0.4 is 36.0 Å². The normalized spacial score (nSPS) is 14.6. The number of amides is 6. The Balaban J connectivity index is 0.832. The summed E-state index contributed by atoms with van der Waals surface area (Å²) in [5.41, 5.74) is 7.29. The monoisotopic (exact) mass is 924 g/mol. The topological polar surface area (TPSA) is 241 Å². The van der Waals surface area contributed by atoms with Gasteiger partial charge >= 0.3 is 0 Å². The molecule has 0 bridgehead atoms. The minimum atomic E-state index is -1.07. The van der Waals surface area contributed by atoms with Crippen molar-refractivity contribution in [3.05, 3.63) is 110 Å². The van der Waals surface area contributed by atoms with Gasteiger partial charge in [-0.3, -0.25) is 43.8 Å². The number of nitrogens with zero attached hydrogens (tertiary/aromatic N) is 1. The molecule has 1 saturated heterocycles. The number of rotatable bonds is 21. The highest BCUT2D eigenvalue weighted by atomic mass is 35.5. The highest BCUT2D eigenvalue weighted by Crippen LogP contribution is 2.38. The smallest absolute Gasteiger partial charge is 0.266 e. The highest BCUT2D eigenvalue weighted by Gasteiger charge is 2.46. The highest BCUT2D eigenvalue weighted by molar-refractivity contribution is 6.33. The number of benzene rings is 4. The van der Waals surface area contributed by atoms with Gasteiger partial charge in [-0.1, -0.05) is 17.7 Å². The molecule has 4 aromatic carbocycles. The molecular formula is C47H45ClN4O14. The number of piperidine rings is 1. The zero-order chi connectivity index (χ0) is 46.9. The summed E-state index contributed by atoms with van der Waals surface area (Å²) in [5, 5.41) is 5.22. The molecule has 0 aliphatic carbocycles. The molecule has 1 atom stereocenters. The van der Waals surface area contributed by atoms with Crippen molar-refractivity contribution in [3.8, 4) is 39.7 Å². The molecule has 0 spiro atoms. The molecule has 0 radical (unpaired) electrons. The van der Waals surface area contributed by atoms with Crippen LogP contribution in [0.25, 0.3) is 33.4 Å². The molecule has 1 unspecified atom stereocenters. The zero-order valence-electron chi connectivity index (χ0n) is 35.9. The van der Waals surface area contributed by atoms with Gasteiger partial charge in [-0.2, -0.15) is 0 Å². The second kappa shape index (κ2) is 21.2. The van der Waals surface area contributed by atoms with E-state index in [-0.39, 0.29) is 108 Å². The van der Waals surface area contributed by atoms with E-state index >= 15 is 0 Å². The number of imide groups is 2. The van der Waals surface area contributed by atoms with Crippen molar-refractivity contribution in [1.82, 2.24) is 15.5 Å². The molecule has 344 valence electrons. The quantitative estimate of drug-likeness (QED) is 0.0676. The number of halogens is 1. The average molecular weight is 925 g/mol. The fourth-order valence-corrected chi connectivity index (χ4v) is 7.64. The van der Waals surface area contributed by atoms with Gasteiger partial charge in [-0.25, -0.2) is 0 Å². The standard InChI is InChI=1S/C47H45ClN4O14/c1-3-63-38-25-40-33(23-32(38)26-19-27(43(49)55)21-28(20-26)44(56)50-2)36(53)24-39(66-40)30-8-7-29(22-34(30)48)64-17-15-61-13-11-60-12-14-62-16-18-65-37-6-4-5-31-42(37)47(59)52(46(31)58)35-9-10-41(54)51-45(35)57/h4-8,19-25,35H,3,9-18H2,1-2H3,(H2,49,55)(H,50,56)(H,51,54,57). The van der Waals surface area contributed by atoms with Gasteiger partial charge in [0.15, 0.2) is 5.43 Å². The van der Waals surface area contributed by atoms with Crippen LogP contribution in [-0.2, 0) is 23.8 Å². The number of hydrogen-bond donors (Lipinski definition) is 3. The van der Waals surface area contributed by atoms with Crippen LogP contribution in [0.1, 0.15) is 61.2 Å². The van der Waals surface area contributed by atoms with E-state index < -0.39 is 41.5 Å². The number of hydrogen-bond acceptors (Lipinski definition) is 14. The lowest BCUT2D eigenvalue weighted by atomic mass is 9.97. The van der Waals surface area contributed by atoms with Gasteiger partial charge in [-0.05, 0) is 73.5 Å². The Morgan fingerprint density at radius 2 is 1.47 bits per heavy atom. The molecule has 2 aliphatic heterocycles. The fraction of sp³-hybridized carbons (Fsp3) is 0.298. The van der Waals surface area contributed by atoms with E-state index in [1.165, 1.54) is 31.3 Å². The van der Waals surface area contributed by atoms with E-state index in [9.17, 15) is 33.6 Å². The van der Waals surface area contributed by atoms with Crippen molar-refractivity contribution in [2.24, 2.45) is 5.73 Å². The number of primary amides is 1. The molecule has 4 N–H and O–H groups in total. The van der Waals surface area contributed by atoms with Crippen LogP contribution in [-0.4, -0.2) is 113 Å². The van der Waals surface area contributed by atoms with E-state index in [2.05, 4.69) is 10.6 Å². The van der Waals surface area contributed by atoms with Crippen molar-refractivity contribution in [3.63, 3.8) is 0 Å². The number of ether oxygens (including phenoxy) is 6. The Labute approximate surface area is 382 Å². The second-order valence-corrected chi connectivity index (χ2v) is 15.2. The number of nitrogens with two attached hydrogens (primary N) is 1. The first-order valence-electron chi connectivity index (χ1n) is 20.9. The van der Waals surface area contributed by atoms with Crippen LogP contribution >= 0.6 is 11.6 Å². The second-order valence-electron chi connectivity index (χ2n) is 14.8. The minimum absolute atomic E-state index is 0.0268. The number of carbonyl (C=O) groups excluding carboxylic acids is 6. The predicted molar refractivity (Wildman–Crippen MR) is 238 cm³/mol. The van der Waals surface area contributed by atoms with Gasteiger partial charge in [0.2, 0.25) is 17.7 Å². The summed E-state index contributed by atoms with van der Waals surface area (Å²) in [6.07, 6.45) is 0.0850. The summed E-state index contributed by atoms with van der Waals surface area (Å²) in [4.78, 5) is 89.1. The lowest BCUT2D eigenvalue weighted by Gasteiger charge is -2.27. The van der Waals surface area contributed by atoms with Gasteiger partial charge in [-0.15, -0.1) is 0 Å². The van der Waals surface area contributed by atoms with Crippen LogP contribution in [0.15, 0.2) is 82.0 Å². The first-order valence-corrected chi connectivity index (χ1v) is 21.3. The first kappa shape index (κ1) is 46.9. The van der Waals surface area contributed by atoms with E-state index in [0.717, 1.165) is 4.90 Å². The third-order valence-electron chi connectivity index (χ3n) is 10.5. The zero-order valence-corrected chi connectivity index (χ0v) is 36.7. The lowest BCUT2D eigenvalue weighted by Crippen LogP contribution is -2.54. The average Bonchev–Trinajstić information content (AvgIpc) is 3.55. The summed E-state index contributed by atoms with van der Waals surface area (Å²) >= 11 is 6.65. The molecule has 0 saturated carbocycles. The van der Waals surface area contributed by atoms with Gasteiger partial charge in [0.05, 0.1) is 67.8 Å². The van der Waals surface area contributed by atoms with Gasteiger partial charge < -0.3 is 43.9 Å². The van der Waals surface area contributed by atoms with Crippen molar-refractivity contribution in [2.45, 2.75) is 25.8 Å². The van der Waals surface area contributed by atoms with Crippen LogP contribution in [0.4, 0.5) is 0 Å². The molecule has 66 heavy (non-hydrogen) atoms. The van der Waals surface area contributed by atoms with E-state index in [0.29, 0.717) is 48.0 Å². The first-order chi connectivity index (χ1) is 31.9. The van der Waals surface area contributed by atoms with E-state index in [4.69, 9.17) is 50.2 Å². The molecule has 1 fully saturated rings. The Kier molecular flexibility index (Phi) is 15.1. The van der Waals surface area contributed by atoms with Crippen LogP contribution in [0.3, 0.4) is 0 Å². The van der Waals surface area contributed by atoms with Crippen LogP contribution in [0, 0.1) is 0 Å². The lowest BCUT2D eigenvalue weighted by molar-refractivity contribution is -0.136. The number of nitrogens with one attached hydrogen (secondary N) is 2. The fourth-order valence-electron chi connectivity index (χ4n) is 7.38. The summed E-state index contributed by atoms with van der Waals surface area (Å²) < 4.78 is 40.4. The molecule has 19 heteroatoms. The molecule has 2 aliphatic rings. The Morgan fingerprint density at radius 1 is 0.773 bits per heavy atom. The SMILES string of the molecule is CCOc1cc2oc(-c3ccc(OCCOCCOCCOCCOc4cccc5c4C(=O)N(C4CCC(=O)NC4=O)C5=O)cc3Cl)cc(=O)c2cc1-c1cc(C(N)=O)cc(C(=O)NC)c1. The molecule has 7 rings (SSSR count). The third-order valence-corrected chi connectivity index (χ3v) is 10.8. The molecule has 1 aromatic heterocycles. The Hall–Kier alpha value is -7.12. The summed E-state index contributed by atoms with van der Waals surface area (Å²) in [5.74, 6) is -2.31. The van der Waals surface area contributed by atoms with Crippen molar-refractivity contribution < 1.29 is 61.6 Å². The summed E-state index contributed by atoms with van der Waals surface area (Å²) in [7, 11) is 1.47. The van der Waals surface area contributed by atoms with Gasteiger partial charge in [0.1, 0.15) is 47.8 Å².